The first-order chi connectivity index (χ1) is 8.83. The molecule has 0 heterocycles. The largest absolute Gasteiger partial charge is 0.0732 e. The van der Waals surface area contributed by atoms with Crippen LogP contribution < -0.4 is 0 Å². The number of hydrogen-bond acceptors (Lipinski definition) is 0. The zero-order valence-corrected chi connectivity index (χ0v) is 10.8. The fourth-order valence-corrected chi connectivity index (χ4v) is 2.69. The quantitative estimate of drug-likeness (QED) is 0.689. The van der Waals surface area contributed by atoms with E-state index in [-0.39, 0.29) is 0 Å². The van der Waals surface area contributed by atoms with Gasteiger partial charge in [0.15, 0.2) is 0 Å². The molecular formula is C18H18. The number of allylic oxidation sites excluding steroid dienone is 2. The van der Waals surface area contributed by atoms with Crippen LogP contribution in [0.25, 0.3) is 5.57 Å². The van der Waals surface area contributed by atoms with E-state index in [1.807, 2.05) is 0 Å². The van der Waals surface area contributed by atoms with Gasteiger partial charge in [0, 0.05) is 5.92 Å². The topological polar surface area (TPSA) is 0 Å². The van der Waals surface area contributed by atoms with Gasteiger partial charge in [0.2, 0.25) is 0 Å². The maximum absolute atomic E-state index is 2.44. The molecule has 0 amide bonds. The van der Waals surface area contributed by atoms with Crippen molar-refractivity contribution in [2.45, 2.75) is 25.7 Å². The molecule has 1 aliphatic carbocycles. The van der Waals surface area contributed by atoms with Crippen LogP contribution in [-0.4, -0.2) is 0 Å². The average molecular weight is 234 g/mol. The Balaban J connectivity index is 1.86. The van der Waals surface area contributed by atoms with Crippen molar-refractivity contribution in [1.29, 1.82) is 0 Å². The fourth-order valence-electron chi connectivity index (χ4n) is 2.69. The zero-order chi connectivity index (χ0) is 12.4. The highest BCUT2D eigenvalue weighted by molar-refractivity contribution is 5.69. The maximum atomic E-state index is 2.44. The molecule has 90 valence electrons. The van der Waals surface area contributed by atoms with Crippen molar-refractivity contribution in [3.63, 3.8) is 0 Å². The van der Waals surface area contributed by atoms with E-state index in [1.165, 1.54) is 35.1 Å². The van der Waals surface area contributed by atoms with Gasteiger partial charge in [-0.25, -0.2) is 0 Å². The molecule has 1 unspecified atom stereocenters. The molecular weight excluding hydrogens is 216 g/mol. The molecule has 0 fully saturated rings. The predicted octanol–water partition coefficient (Wildman–Crippen LogP) is 4.96. The second-order valence-corrected chi connectivity index (χ2v) is 5.11. The molecule has 0 bridgehead atoms. The van der Waals surface area contributed by atoms with Crippen molar-refractivity contribution in [2.75, 3.05) is 0 Å². The van der Waals surface area contributed by atoms with Crippen molar-refractivity contribution >= 4 is 5.57 Å². The third kappa shape index (κ3) is 2.24. The summed E-state index contributed by atoms with van der Waals surface area (Å²) < 4.78 is 0. The number of benzene rings is 2. The standard InChI is InChI=1S/C18H18/c1-14-7-9-16(10-8-14)18-12-11-17(13-18)15-5-3-2-4-6-15/h2-10,13,17H,11-12H2,1H3. The van der Waals surface area contributed by atoms with E-state index >= 15 is 0 Å². The SMILES string of the molecule is Cc1ccc(C2=CC(c3ccccc3)CC2)cc1. The summed E-state index contributed by atoms with van der Waals surface area (Å²) in [5.41, 5.74) is 5.67. The summed E-state index contributed by atoms with van der Waals surface area (Å²) in [6.07, 6.45) is 4.88. The second kappa shape index (κ2) is 4.81. The summed E-state index contributed by atoms with van der Waals surface area (Å²) in [7, 11) is 0. The summed E-state index contributed by atoms with van der Waals surface area (Å²) in [5, 5.41) is 0. The van der Waals surface area contributed by atoms with Gasteiger partial charge in [-0.2, -0.15) is 0 Å². The molecule has 0 heteroatoms. The smallest absolute Gasteiger partial charge is 0.00271 e. The van der Waals surface area contributed by atoms with Crippen molar-refractivity contribution < 1.29 is 0 Å². The maximum Gasteiger partial charge on any atom is 0.00271 e. The number of hydrogen-bond donors (Lipinski definition) is 0. The Morgan fingerprint density at radius 1 is 0.889 bits per heavy atom. The molecule has 0 radical (unpaired) electrons. The van der Waals surface area contributed by atoms with Crippen molar-refractivity contribution in [3.8, 4) is 0 Å². The fraction of sp³-hybridized carbons (Fsp3) is 0.222. The highest BCUT2D eigenvalue weighted by Crippen LogP contribution is 2.37. The first kappa shape index (κ1) is 11.3. The Morgan fingerprint density at radius 2 is 1.61 bits per heavy atom. The Kier molecular flexibility index (Phi) is 3.02. The highest BCUT2D eigenvalue weighted by atomic mass is 14.2. The van der Waals surface area contributed by atoms with E-state index in [0.29, 0.717) is 5.92 Å². The lowest BCUT2D eigenvalue weighted by molar-refractivity contribution is 0.803. The minimum atomic E-state index is 0.600. The summed E-state index contributed by atoms with van der Waals surface area (Å²) in [6, 6.07) is 19.7. The Labute approximate surface area is 109 Å². The third-order valence-electron chi connectivity index (χ3n) is 3.78. The number of rotatable bonds is 2. The van der Waals surface area contributed by atoms with Gasteiger partial charge in [0.25, 0.3) is 0 Å². The van der Waals surface area contributed by atoms with E-state index in [2.05, 4.69) is 67.6 Å². The van der Waals surface area contributed by atoms with Crippen LogP contribution in [0.2, 0.25) is 0 Å². The molecule has 0 saturated carbocycles. The zero-order valence-electron chi connectivity index (χ0n) is 10.8. The van der Waals surface area contributed by atoms with Gasteiger partial charge in [-0.15, -0.1) is 0 Å². The summed E-state index contributed by atoms with van der Waals surface area (Å²) >= 11 is 0. The second-order valence-electron chi connectivity index (χ2n) is 5.11. The van der Waals surface area contributed by atoms with Crippen molar-refractivity contribution in [1.82, 2.24) is 0 Å². The first-order valence-corrected chi connectivity index (χ1v) is 6.65. The lowest BCUT2D eigenvalue weighted by Crippen LogP contribution is -1.88. The van der Waals surface area contributed by atoms with E-state index < -0.39 is 0 Å². The predicted molar refractivity (Wildman–Crippen MR) is 77.6 cm³/mol. The van der Waals surface area contributed by atoms with Crippen LogP contribution in [-0.2, 0) is 0 Å². The van der Waals surface area contributed by atoms with Crippen molar-refractivity contribution in [2.24, 2.45) is 0 Å². The van der Waals surface area contributed by atoms with Crippen LogP contribution in [0.5, 0.6) is 0 Å². The molecule has 0 nitrogen and oxygen atoms in total. The lowest BCUT2D eigenvalue weighted by atomic mass is 9.99. The van der Waals surface area contributed by atoms with Crippen LogP contribution in [0.15, 0.2) is 60.7 Å². The van der Waals surface area contributed by atoms with E-state index in [0.717, 1.165) is 0 Å². The minimum Gasteiger partial charge on any atom is -0.0732 e. The van der Waals surface area contributed by atoms with Gasteiger partial charge in [0.1, 0.15) is 0 Å². The van der Waals surface area contributed by atoms with Gasteiger partial charge in [0.05, 0.1) is 0 Å². The van der Waals surface area contributed by atoms with Gasteiger partial charge < -0.3 is 0 Å². The monoisotopic (exact) mass is 234 g/mol. The summed E-state index contributed by atoms with van der Waals surface area (Å²) in [6.45, 7) is 2.14. The van der Waals surface area contributed by atoms with Gasteiger partial charge in [-0.1, -0.05) is 66.2 Å². The van der Waals surface area contributed by atoms with Gasteiger partial charge in [-0.3, -0.25) is 0 Å². The van der Waals surface area contributed by atoms with Crippen LogP contribution in [0.4, 0.5) is 0 Å². The number of aryl methyl sites for hydroxylation is 1. The molecule has 0 aliphatic heterocycles. The molecule has 2 aromatic rings. The molecule has 0 spiro atoms. The van der Waals surface area contributed by atoms with E-state index in [4.69, 9.17) is 0 Å². The normalized spacial score (nSPS) is 18.7. The Hall–Kier alpha value is -1.82. The summed E-state index contributed by atoms with van der Waals surface area (Å²) in [5.74, 6) is 0.600. The van der Waals surface area contributed by atoms with Gasteiger partial charge in [-0.05, 0) is 36.5 Å². The van der Waals surface area contributed by atoms with Crippen LogP contribution >= 0.6 is 0 Å². The Bertz CT molecular complexity index is 546. The molecule has 2 aromatic carbocycles. The van der Waals surface area contributed by atoms with E-state index in [1.54, 1.807) is 0 Å². The molecule has 0 N–H and O–H groups in total. The van der Waals surface area contributed by atoms with Crippen LogP contribution in [0, 0.1) is 6.92 Å². The molecule has 0 aromatic heterocycles. The molecule has 3 rings (SSSR count). The highest BCUT2D eigenvalue weighted by Gasteiger charge is 2.17. The first-order valence-electron chi connectivity index (χ1n) is 6.65. The van der Waals surface area contributed by atoms with Gasteiger partial charge >= 0.3 is 0 Å². The molecule has 1 aliphatic rings. The van der Waals surface area contributed by atoms with Crippen molar-refractivity contribution in [3.05, 3.63) is 77.4 Å². The van der Waals surface area contributed by atoms with Crippen LogP contribution in [0.3, 0.4) is 0 Å². The Morgan fingerprint density at radius 3 is 2.33 bits per heavy atom. The molecule has 0 saturated heterocycles. The summed E-state index contributed by atoms with van der Waals surface area (Å²) in [4.78, 5) is 0. The molecule has 18 heavy (non-hydrogen) atoms. The van der Waals surface area contributed by atoms with E-state index in [9.17, 15) is 0 Å². The lowest BCUT2D eigenvalue weighted by Gasteiger charge is -2.05. The van der Waals surface area contributed by atoms with Crippen LogP contribution in [0.1, 0.15) is 35.4 Å². The molecule has 1 atom stereocenters. The average Bonchev–Trinajstić information content (AvgIpc) is 2.90. The minimum absolute atomic E-state index is 0.600. The third-order valence-corrected chi connectivity index (χ3v) is 3.78.